The van der Waals surface area contributed by atoms with Gasteiger partial charge in [0.1, 0.15) is 0 Å². The third-order valence-electron chi connectivity index (χ3n) is 5.25. The maximum atomic E-state index is 12.7. The monoisotopic (exact) mass is 674 g/mol. The van der Waals surface area contributed by atoms with Crippen molar-refractivity contribution in [2.75, 3.05) is 5.32 Å². The molecule has 0 unspecified atom stereocenters. The van der Waals surface area contributed by atoms with Gasteiger partial charge in [0.2, 0.25) is 0 Å². The van der Waals surface area contributed by atoms with Gasteiger partial charge in [-0.2, -0.15) is 5.10 Å². The Labute approximate surface area is 236 Å². The van der Waals surface area contributed by atoms with E-state index >= 15 is 0 Å². The Morgan fingerprint density at radius 2 is 1.89 bits per heavy atom. The highest BCUT2D eigenvalue weighted by Gasteiger charge is 2.21. The van der Waals surface area contributed by atoms with Gasteiger partial charge in [-0.1, -0.05) is 58.0 Å². The number of carbonyl (C=O) groups is 1. The van der Waals surface area contributed by atoms with Gasteiger partial charge in [0.05, 0.1) is 18.0 Å². The van der Waals surface area contributed by atoms with Crippen molar-refractivity contribution in [3.05, 3.63) is 97.8 Å². The molecule has 0 aliphatic heterocycles. The van der Waals surface area contributed by atoms with E-state index in [0.717, 1.165) is 32.8 Å². The van der Waals surface area contributed by atoms with Gasteiger partial charge in [0, 0.05) is 19.4 Å². The average molecular weight is 675 g/mol. The van der Waals surface area contributed by atoms with E-state index < -0.39 is 5.25 Å². The highest BCUT2D eigenvalue weighted by molar-refractivity contribution is 14.1. The first-order valence-corrected chi connectivity index (χ1v) is 13.9. The number of aromatic nitrogens is 3. The fraction of sp³-hybridized carbons (Fsp3) is 0.154. The van der Waals surface area contributed by atoms with Crippen molar-refractivity contribution < 1.29 is 4.79 Å². The Kier molecular flexibility index (Phi) is 9.16. The van der Waals surface area contributed by atoms with E-state index in [9.17, 15) is 4.79 Å². The molecule has 3 aromatic carbocycles. The molecular formula is C26H24BrIN6OS. The summed E-state index contributed by atoms with van der Waals surface area (Å²) in [5, 5.41) is 16.6. The fourth-order valence-electron chi connectivity index (χ4n) is 3.35. The summed E-state index contributed by atoms with van der Waals surface area (Å²) < 4.78 is 4.16. The van der Waals surface area contributed by atoms with Gasteiger partial charge in [-0.3, -0.25) is 9.36 Å². The number of hydrogen-bond donors (Lipinski definition) is 2. The largest absolute Gasteiger partial charge is 0.378 e. The number of nitrogens with zero attached hydrogens (tertiary/aromatic N) is 4. The normalized spacial score (nSPS) is 12.0. The minimum atomic E-state index is -0.432. The lowest BCUT2D eigenvalue weighted by Crippen LogP contribution is -2.27. The predicted octanol–water partition coefficient (Wildman–Crippen LogP) is 6.19. The summed E-state index contributed by atoms with van der Waals surface area (Å²) in [5.41, 5.74) is 6.65. The fourth-order valence-corrected chi connectivity index (χ4v) is 5.14. The number of para-hydroxylation sites is 1. The van der Waals surface area contributed by atoms with Gasteiger partial charge in [-0.15, -0.1) is 10.2 Å². The lowest BCUT2D eigenvalue weighted by molar-refractivity contribution is -0.120. The summed E-state index contributed by atoms with van der Waals surface area (Å²) in [6, 6.07) is 23.8. The molecule has 184 valence electrons. The first-order valence-electron chi connectivity index (χ1n) is 11.2. The Hall–Kier alpha value is -2.70. The molecular weight excluding hydrogens is 651 g/mol. The number of carbonyl (C=O) groups excluding carboxylic acids is 1. The van der Waals surface area contributed by atoms with Gasteiger partial charge in [0.15, 0.2) is 11.0 Å². The lowest BCUT2D eigenvalue weighted by atomic mass is 10.2. The smallest absolute Gasteiger partial charge is 0.253 e. The lowest BCUT2D eigenvalue weighted by Gasteiger charge is -2.14. The van der Waals surface area contributed by atoms with Crippen LogP contribution < -0.4 is 10.7 Å². The molecule has 7 nitrogen and oxygen atoms in total. The van der Waals surface area contributed by atoms with Crippen LogP contribution in [0.25, 0.3) is 5.69 Å². The number of hydrazone groups is 1. The van der Waals surface area contributed by atoms with Crippen LogP contribution in [0.4, 0.5) is 5.69 Å². The Bertz CT molecular complexity index is 1360. The molecule has 2 N–H and O–H groups in total. The van der Waals surface area contributed by atoms with Crippen LogP contribution in [-0.4, -0.2) is 32.1 Å². The van der Waals surface area contributed by atoms with Crippen LogP contribution in [0.3, 0.4) is 0 Å². The van der Waals surface area contributed by atoms with Crippen molar-refractivity contribution >= 4 is 68.1 Å². The Morgan fingerprint density at radius 3 is 2.61 bits per heavy atom. The molecule has 0 aliphatic carbocycles. The molecule has 4 rings (SSSR count). The summed E-state index contributed by atoms with van der Waals surface area (Å²) >= 11 is 7.05. The highest BCUT2D eigenvalue weighted by atomic mass is 127. The summed E-state index contributed by atoms with van der Waals surface area (Å²) in [6.07, 6.45) is 1.62. The summed E-state index contributed by atoms with van der Waals surface area (Å²) in [5.74, 6) is 0.535. The van der Waals surface area contributed by atoms with Crippen LogP contribution in [-0.2, 0) is 11.3 Å². The number of amides is 1. The van der Waals surface area contributed by atoms with Crippen molar-refractivity contribution in [3.8, 4) is 5.69 Å². The number of hydrogen-bond acceptors (Lipinski definition) is 6. The van der Waals surface area contributed by atoms with E-state index in [-0.39, 0.29) is 5.91 Å². The molecule has 10 heteroatoms. The van der Waals surface area contributed by atoms with E-state index in [0.29, 0.717) is 11.7 Å². The number of anilines is 1. The topological polar surface area (TPSA) is 84.2 Å². The Morgan fingerprint density at radius 1 is 1.14 bits per heavy atom. The molecule has 0 radical (unpaired) electrons. The quantitative estimate of drug-likeness (QED) is 0.0958. The van der Waals surface area contributed by atoms with Crippen molar-refractivity contribution in [2.45, 2.75) is 30.8 Å². The third-order valence-corrected chi connectivity index (χ3v) is 7.49. The molecule has 1 heterocycles. The summed E-state index contributed by atoms with van der Waals surface area (Å²) in [7, 11) is 0. The zero-order valence-corrected chi connectivity index (χ0v) is 24.2. The zero-order chi connectivity index (χ0) is 25.5. The van der Waals surface area contributed by atoms with Crippen LogP contribution in [0, 0.1) is 10.5 Å². The predicted molar refractivity (Wildman–Crippen MR) is 158 cm³/mol. The number of aryl methyl sites for hydroxylation is 1. The first kappa shape index (κ1) is 26.4. The SMILES string of the molecule is Cc1cc(I)ccc1NCc1nnc(S[C@H](C)C(=O)NN=Cc2ccc(Br)cc2)n1-c1ccccc1. The highest BCUT2D eigenvalue weighted by Crippen LogP contribution is 2.27. The van der Waals surface area contributed by atoms with E-state index in [4.69, 9.17) is 0 Å². The molecule has 0 spiro atoms. The molecule has 4 aromatic rings. The van der Waals surface area contributed by atoms with Crippen molar-refractivity contribution in [1.82, 2.24) is 20.2 Å². The molecule has 1 amide bonds. The molecule has 1 aromatic heterocycles. The van der Waals surface area contributed by atoms with E-state index in [2.05, 4.69) is 89.7 Å². The van der Waals surface area contributed by atoms with Crippen LogP contribution in [0.2, 0.25) is 0 Å². The molecule has 0 fully saturated rings. The first-order chi connectivity index (χ1) is 17.4. The number of nitrogens with one attached hydrogen (secondary N) is 2. The maximum Gasteiger partial charge on any atom is 0.253 e. The van der Waals surface area contributed by atoms with E-state index in [1.165, 1.54) is 15.3 Å². The second-order valence-corrected chi connectivity index (χ2v) is 11.4. The number of halogens is 2. The van der Waals surface area contributed by atoms with Crippen LogP contribution >= 0.6 is 50.3 Å². The van der Waals surface area contributed by atoms with E-state index in [1.807, 2.05) is 66.1 Å². The number of rotatable bonds is 9. The minimum absolute atomic E-state index is 0.217. The van der Waals surface area contributed by atoms with Gasteiger partial charge in [-0.05, 0) is 90.0 Å². The zero-order valence-electron chi connectivity index (χ0n) is 19.7. The summed E-state index contributed by atoms with van der Waals surface area (Å²) in [4.78, 5) is 12.7. The Balaban J connectivity index is 1.48. The van der Waals surface area contributed by atoms with Crippen LogP contribution in [0.5, 0.6) is 0 Å². The second kappa shape index (κ2) is 12.5. The molecule has 0 aliphatic rings. The van der Waals surface area contributed by atoms with E-state index in [1.54, 1.807) is 6.21 Å². The van der Waals surface area contributed by atoms with Gasteiger partial charge < -0.3 is 5.32 Å². The number of benzene rings is 3. The average Bonchev–Trinajstić information content (AvgIpc) is 3.27. The van der Waals surface area contributed by atoms with Crippen molar-refractivity contribution in [1.29, 1.82) is 0 Å². The molecule has 1 atom stereocenters. The van der Waals surface area contributed by atoms with Crippen molar-refractivity contribution in [2.24, 2.45) is 5.10 Å². The van der Waals surface area contributed by atoms with Gasteiger partial charge in [0.25, 0.3) is 5.91 Å². The van der Waals surface area contributed by atoms with Crippen LogP contribution in [0.1, 0.15) is 23.9 Å². The minimum Gasteiger partial charge on any atom is -0.378 e. The third kappa shape index (κ3) is 6.95. The van der Waals surface area contributed by atoms with Crippen molar-refractivity contribution in [3.63, 3.8) is 0 Å². The maximum absolute atomic E-state index is 12.7. The molecule has 0 bridgehead atoms. The summed E-state index contributed by atoms with van der Waals surface area (Å²) in [6.45, 7) is 4.39. The standard InChI is InChI=1S/C26H24BrIN6OS/c1-17-14-21(28)12-13-23(17)29-16-24-31-33-26(34(24)22-6-4-3-5-7-22)36-18(2)25(35)32-30-15-19-8-10-20(27)11-9-19/h3-15,18,29H,16H2,1-2H3,(H,32,35)/t18-/m1/s1. The van der Waals surface area contributed by atoms with Crippen LogP contribution in [0.15, 0.2) is 87.5 Å². The van der Waals surface area contributed by atoms with Gasteiger partial charge >= 0.3 is 0 Å². The second-order valence-electron chi connectivity index (χ2n) is 7.93. The number of thioether (sulfide) groups is 1. The van der Waals surface area contributed by atoms with Gasteiger partial charge in [-0.25, -0.2) is 5.43 Å². The molecule has 0 saturated carbocycles. The molecule has 0 saturated heterocycles. The molecule has 36 heavy (non-hydrogen) atoms.